The van der Waals surface area contributed by atoms with Crippen molar-refractivity contribution in [2.45, 2.75) is 13.0 Å². The summed E-state index contributed by atoms with van der Waals surface area (Å²) in [6, 6.07) is 5.44. The fourth-order valence-electron chi connectivity index (χ4n) is 2.56. The molecule has 0 aliphatic carbocycles. The van der Waals surface area contributed by atoms with Gasteiger partial charge in [0.25, 0.3) is 0 Å². The Morgan fingerprint density at radius 3 is 2.85 bits per heavy atom. The van der Waals surface area contributed by atoms with Gasteiger partial charge in [-0.15, -0.1) is 0 Å². The van der Waals surface area contributed by atoms with Crippen LogP contribution in [0.3, 0.4) is 0 Å². The number of aliphatic hydroxyl groups excluding tert-OH is 1. The molecular formula is C14H21N3O3. The summed E-state index contributed by atoms with van der Waals surface area (Å²) in [4.78, 5) is 15.4. The van der Waals surface area contributed by atoms with Gasteiger partial charge in [0.2, 0.25) is 5.91 Å². The second kappa shape index (κ2) is 6.00. The molecule has 1 atom stereocenters. The summed E-state index contributed by atoms with van der Waals surface area (Å²) in [5, 5.41) is 9.45. The SMILES string of the molecule is COc1cc(N2CCN(C(C)=O)C(CO)C2)ccc1N. The third-order valence-electron chi connectivity index (χ3n) is 3.68. The predicted molar refractivity (Wildman–Crippen MR) is 77.9 cm³/mol. The van der Waals surface area contributed by atoms with Gasteiger partial charge in [0.05, 0.1) is 25.4 Å². The lowest BCUT2D eigenvalue weighted by molar-refractivity contribution is -0.132. The fraction of sp³-hybridized carbons (Fsp3) is 0.500. The van der Waals surface area contributed by atoms with E-state index in [2.05, 4.69) is 4.90 Å². The van der Waals surface area contributed by atoms with Crippen LogP contribution in [0.4, 0.5) is 11.4 Å². The Hall–Kier alpha value is -1.95. The number of anilines is 2. The summed E-state index contributed by atoms with van der Waals surface area (Å²) in [6.07, 6.45) is 0. The van der Waals surface area contributed by atoms with Crippen LogP contribution in [0.2, 0.25) is 0 Å². The summed E-state index contributed by atoms with van der Waals surface area (Å²) in [5.41, 5.74) is 7.39. The minimum atomic E-state index is -0.176. The third-order valence-corrected chi connectivity index (χ3v) is 3.68. The second-order valence-corrected chi connectivity index (χ2v) is 4.92. The Bertz CT molecular complexity index is 493. The molecule has 20 heavy (non-hydrogen) atoms. The molecule has 3 N–H and O–H groups in total. The van der Waals surface area contributed by atoms with E-state index in [-0.39, 0.29) is 18.6 Å². The van der Waals surface area contributed by atoms with Crippen molar-refractivity contribution in [3.8, 4) is 5.75 Å². The molecule has 1 saturated heterocycles. The number of methoxy groups -OCH3 is 1. The maximum Gasteiger partial charge on any atom is 0.219 e. The van der Waals surface area contributed by atoms with Crippen LogP contribution in [-0.4, -0.2) is 55.3 Å². The summed E-state index contributed by atoms with van der Waals surface area (Å²) >= 11 is 0. The van der Waals surface area contributed by atoms with E-state index in [1.165, 1.54) is 6.92 Å². The van der Waals surface area contributed by atoms with Crippen molar-refractivity contribution in [2.24, 2.45) is 0 Å². The van der Waals surface area contributed by atoms with Crippen LogP contribution in [-0.2, 0) is 4.79 Å². The van der Waals surface area contributed by atoms with Crippen LogP contribution in [0.15, 0.2) is 18.2 Å². The normalized spacial score (nSPS) is 19.1. The number of nitrogen functional groups attached to an aromatic ring is 1. The van der Waals surface area contributed by atoms with E-state index < -0.39 is 0 Å². The van der Waals surface area contributed by atoms with Crippen LogP contribution >= 0.6 is 0 Å². The lowest BCUT2D eigenvalue weighted by Gasteiger charge is -2.41. The highest BCUT2D eigenvalue weighted by Gasteiger charge is 2.28. The minimum Gasteiger partial charge on any atom is -0.495 e. The van der Waals surface area contributed by atoms with E-state index >= 15 is 0 Å². The molecule has 1 unspecified atom stereocenters. The molecule has 1 aromatic rings. The van der Waals surface area contributed by atoms with Crippen molar-refractivity contribution in [3.63, 3.8) is 0 Å². The van der Waals surface area contributed by atoms with Gasteiger partial charge in [-0.2, -0.15) is 0 Å². The lowest BCUT2D eigenvalue weighted by Crippen LogP contribution is -2.56. The van der Waals surface area contributed by atoms with Crippen molar-refractivity contribution in [1.82, 2.24) is 4.90 Å². The molecule has 0 radical (unpaired) electrons. The average molecular weight is 279 g/mol. The number of carbonyl (C=O) groups is 1. The zero-order valence-corrected chi connectivity index (χ0v) is 11.9. The molecule has 0 bridgehead atoms. The quantitative estimate of drug-likeness (QED) is 0.778. The molecular weight excluding hydrogens is 258 g/mol. The predicted octanol–water partition coefficient (Wildman–Crippen LogP) is 0.307. The number of nitrogens with two attached hydrogens (primary N) is 1. The van der Waals surface area contributed by atoms with Crippen molar-refractivity contribution >= 4 is 17.3 Å². The Labute approximate surface area is 118 Å². The Kier molecular flexibility index (Phi) is 4.34. The monoisotopic (exact) mass is 279 g/mol. The van der Waals surface area contributed by atoms with E-state index in [1.807, 2.05) is 12.1 Å². The van der Waals surface area contributed by atoms with Crippen LogP contribution in [0.1, 0.15) is 6.92 Å². The number of rotatable bonds is 3. The molecule has 1 aromatic carbocycles. The highest BCUT2D eigenvalue weighted by atomic mass is 16.5. The number of amides is 1. The highest BCUT2D eigenvalue weighted by molar-refractivity contribution is 5.74. The van der Waals surface area contributed by atoms with E-state index in [9.17, 15) is 9.90 Å². The van der Waals surface area contributed by atoms with Crippen LogP contribution in [0, 0.1) is 0 Å². The number of piperazine rings is 1. The van der Waals surface area contributed by atoms with Crippen LogP contribution in [0.5, 0.6) is 5.75 Å². The first-order chi connectivity index (χ1) is 9.56. The van der Waals surface area contributed by atoms with Crippen molar-refractivity contribution < 1.29 is 14.6 Å². The number of hydrogen-bond donors (Lipinski definition) is 2. The molecule has 1 heterocycles. The smallest absolute Gasteiger partial charge is 0.219 e. The Balaban J connectivity index is 2.17. The summed E-state index contributed by atoms with van der Waals surface area (Å²) in [6.45, 7) is 3.42. The number of carbonyl (C=O) groups excluding carboxylic acids is 1. The van der Waals surface area contributed by atoms with E-state index in [0.717, 1.165) is 12.2 Å². The zero-order chi connectivity index (χ0) is 14.7. The number of benzene rings is 1. The first-order valence-electron chi connectivity index (χ1n) is 6.63. The van der Waals surface area contributed by atoms with Gasteiger partial charge in [-0.05, 0) is 12.1 Å². The molecule has 1 aliphatic rings. The summed E-state index contributed by atoms with van der Waals surface area (Å²) in [7, 11) is 1.58. The van der Waals surface area contributed by atoms with Crippen LogP contribution < -0.4 is 15.4 Å². The molecule has 2 rings (SSSR count). The summed E-state index contributed by atoms with van der Waals surface area (Å²) < 4.78 is 5.22. The number of hydrogen-bond acceptors (Lipinski definition) is 5. The molecule has 6 heteroatoms. The van der Waals surface area contributed by atoms with Gasteiger partial charge < -0.3 is 25.4 Å². The van der Waals surface area contributed by atoms with Gasteiger partial charge in [0.1, 0.15) is 5.75 Å². The maximum atomic E-state index is 11.5. The highest BCUT2D eigenvalue weighted by Crippen LogP contribution is 2.28. The lowest BCUT2D eigenvalue weighted by atomic mass is 10.1. The van der Waals surface area contributed by atoms with Gasteiger partial charge in [0, 0.05) is 38.3 Å². The zero-order valence-electron chi connectivity index (χ0n) is 11.9. The van der Waals surface area contributed by atoms with Crippen LogP contribution in [0.25, 0.3) is 0 Å². The molecule has 0 aromatic heterocycles. The van der Waals surface area contributed by atoms with Gasteiger partial charge in [-0.1, -0.05) is 0 Å². The standard InChI is InChI=1S/C14H21N3O3/c1-10(19)17-6-5-16(8-12(17)9-18)11-3-4-13(15)14(7-11)20-2/h3-4,7,12,18H,5-6,8-9,15H2,1-2H3. The van der Waals surface area contributed by atoms with Gasteiger partial charge in [-0.25, -0.2) is 0 Å². The third kappa shape index (κ3) is 2.80. The number of aliphatic hydroxyl groups is 1. The molecule has 1 fully saturated rings. The Morgan fingerprint density at radius 2 is 2.25 bits per heavy atom. The molecule has 0 spiro atoms. The van der Waals surface area contributed by atoms with E-state index in [1.54, 1.807) is 18.1 Å². The molecule has 1 aliphatic heterocycles. The minimum absolute atomic E-state index is 0.00131. The first kappa shape index (κ1) is 14.5. The molecule has 1 amide bonds. The fourth-order valence-corrected chi connectivity index (χ4v) is 2.56. The average Bonchev–Trinajstić information content (AvgIpc) is 2.46. The van der Waals surface area contributed by atoms with Crippen molar-refractivity contribution in [3.05, 3.63) is 18.2 Å². The van der Waals surface area contributed by atoms with E-state index in [0.29, 0.717) is 24.5 Å². The maximum absolute atomic E-state index is 11.5. The van der Waals surface area contributed by atoms with E-state index in [4.69, 9.17) is 10.5 Å². The second-order valence-electron chi connectivity index (χ2n) is 4.92. The number of nitrogens with zero attached hydrogens (tertiary/aromatic N) is 2. The first-order valence-corrected chi connectivity index (χ1v) is 6.63. The topological polar surface area (TPSA) is 79.0 Å². The van der Waals surface area contributed by atoms with Gasteiger partial charge >= 0.3 is 0 Å². The van der Waals surface area contributed by atoms with Gasteiger partial charge in [-0.3, -0.25) is 4.79 Å². The van der Waals surface area contributed by atoms with Gasteiger partial charge in [0.15, 0.2) is 0 Å². The molecule has 0 saturated carbocycles. The summed E-state index contributed by atoms with van der Waals surface area (Å²) in [5.74, 6) is 0.635. The van der Waals surface area contributed by atoms with Crippen molar-refractivity contribution in [2.75, 3.05) is 44.0 Å². The largest absolute Gasteiger partial charge is 0.495 e. The Morgan fingerprint density at radius 1 is 1.50 bits per heavy atom. The molecule has 6 nitrogen and oxygen atoms in total. The van der Waals surface area contributed by atoms with Crippen molar-refractivity contribution in [1.29, 1.82) is 0 Å². The molecule has 110 valence electrons. The number of ether oxygens (including phenoxy) is 1.